The van der Waals surface area contributed by atoms with E-state index in [4.69, 9.17) is 0 Å². The predicted octanol–water partition coefficient (Wildman–Crippen LogP) is 6.51. The van der Waals surface area contributed by atoms with Crippen LogP contribution < -0.4 is 5.32 Å². The van der Waals surface area contributed by atoms with Gasteiger partial charge in [-0.1, -0.05) is 48.5 Å². The molecule has 3 heteroatoms. The van der Waals surface area contributed by atoms with Crippen molar-refractivity contribution in [2.24, 2.45) is 0 Å². The summed E-state index contributed by atoms with van der Waals surface area (Å²) in [5.74, 6) is 0. The number of benzene rings is 3. The second kappa shape index (κ2) is 7.91. The number of nitrogens with one attached hydrogen (secondary N) is 2. The zero-order valence-electron chi connectivity index (χ0n) is 19.0. The molecule has 0 bridgehead atoms. The Morgan fingerprint density at radius 2 is 1.72 bits per heavy atom. The number of aromatic nitrogens is 1. The van der Waals surface area contributed by atoms with Gasteiger partial charge in [-0.25, -0.2) is 0 Å². The zero-order valence-corrected chi connectivity index (χ0v) is 19.0. The second-order valence-corrected chi connectivity index (χ2v) is 9.68. The maximum Gasteiger partial charge on any atom is 0.0480 e. The van der Waals surface area contributed by atoms with E-state index in [-0.39, 0.29) is 0 Å². The molecule has 1 unspecified atom stereocenters. The van der Waals surface area contributed by atoms with Gasteiger partial charge >= 0.3 is 0 Å². The number of rotatable bonds is 4. The lowest BCUT2D eigenvalue weighted by molar-refractivity contribution is 0.353. The van der Waals surface area contributed by atoms with E-state index < -0.39 is 0 Å². The molecule has 4 aromatic rings. The third-order valence-electron chi connectivity index (χ3n) is 7.38. The summed E-state index contributed by atoms with van der Waals surface area (Å²) in [6.07, 6.45) is 3.57. The number of nitrogens with zero attached hydrogens (tertiary/aromatic N) is 1. The van der Waals surface area contributed by atoms with Crippen LogP contribution in [0.25, 0.3) is 22.0 Å². The molecule has 0 spiro atoms. The Kier molecular flexibility index (Phi) is 4.89. The molecule has 0 amide bonds. The van der Waals surface area contributed by atoms with Gasteiger partial charge in [-0.15, -0.1) is 0 Å². The van der Waals surface area contributed by atoms with Gasteiger partial charge in [0.1, 0.15) is 0 Å². The molecule has 162 valence electrons. The highest BCUT2D eigenvalue weighted by Crippen LogP contribution is 2.38. The number of fused-ring (bicyclic) bond motifs is 4. The number of aromatic amines is 1. The molecule has 0 radical (unpaired) electrons. The molecule has 3 aromatic carbocycles. The molecule has 2 N–H and O–H groups in total. The van der Waals surface area contributed by atoms with Gasteiger partial charge in [0.05, 0.1) is 0 Å². The molecule has 2 aliphatic rings. The summed E-state index contributed by atoms with van der Waals surface area (Å²) in [7, 11) is 2.20. The van der Waals surface area contributed by atoms with Crippen molar-refractivity contribution in [3.63, 3.8) is 0 Å². The number of aryl methyl sites for hydroxylation is 1. The van der Waals surface area contributed by atoms with Crippen LogP contribution in [0.1, 0.15) is 59.8 Å². The summed E-state index contributed by atoms with van der Waals surface area (Å²) in [4.78, 5) is 6.16. The van der Waals surface area contributed by atoms with Crippen molar-refractivity contribution in [1.29, 1.82) is 0 Å². The molecule has 0 fully saturated rings. The highest BCUT2D eigenvalue weighted by Gasteiger charge is 2.26. The van der Waals surface area contributed by atoms with E-state index in [1.54, 1.807) is 0 Å². The van der Waals surface area contributed by atoms with Crippen LogP contribution in [0.2, 0.25) is 0 Å². The topological polar surface area (TPSA) is 31.1 Å². The molecule has 1 aromatic heterocycles. The maximum atomic E-state index is 3.90. The van der Waals surface area contributed by atoms with Crippen LogP contribution in [0.5, 0.6) is 0 Å². The number of H-pyrrole nitrogens is 1. The zero-order chi connectivity index (χ0) is 21.7. The van der Waals surface area contributed by atoms with E-state index >= 15 is 0 Å². The SMILES string of the molecule is C[C@@H](NC1CCCc2c1[nH]c1ccc(-c3ccc4c(c3)CN(C)C4)cc21)c1ccccc1. The van der Waals surface area contributed by atoms with Gasteiger partial charge in [0.15, 0.2) is 0 Å². The Balaban J connectivity index is 1.33. The Bertz CT molecular complexity index is 1270. The quantitative estimate of drug-likeness (QED) is 0.394. The fourth-order valence-corrected chi connectivity index (χ4v) is 5.69. The Morgan fingerprint density at radius 1 is 0.938 bits per heavy atom. The first kappa shape index (κ1) is 19.8. The molecule has 0 saturated heterocycles. The minimum absolute atomic E-state index is 0.332. The summed E-state index contributed by atoms with van der Waals surface area (Å²) in [6.45, 7) is 4.39. The number of hydrogen-bond donors (Lipinski definition) is 2. The molecule has 2 atom stereocenters. The lowest BCUT2D eigenvalue weighted by atomic mass is 9.90. The maximum absolute atomic E-state index is 3.90. The summed E-state index contributed by atoms with van der Waals surface area (Å²) in [5, 5.41) is 5.29. The van der Waals surface area contributed by atoms with Crippen LogP contribution in [0.4, 0.5) is 0 Å². The average Bonchev–Trinajstić information content (AvgIpc) is 3.38. The lowest BCUT2D eigenvalue weighted by Crippen LogP contribution is -2.27. The van der Waals surface area contributed by atoms with E-state index in [9.17, 15) is 0 Å². The Labute approximate surface area is 190 Å². The average molecular weight is 422 g/mol. The molecule has 2 heterocycles. The fourth-order valence-electron chi connectivity index (χ4n) is 5.69. The summed E-state index contributed by atoms with van der Waals surface area (Å²) >= 11 is 0. The second-order valence-electron chi connectivity index (χ2n) is 9.68. The third-order valence-corrected chi connectivity index (χ3v) is 7.38. The highest BCUT2D eigenvalue weighted by atomic mass is 15.1. The minimum Gasteiger partial charge on any atom is -0.357 e. The summed E-state index contributed by atoms with van der Waals surface area (Å²) in [6, 6.07) is 25.4. The first-order valence-corrected chi connectivity index (χ1v) is 11.9. The highest BCUT2D eigenvalue weighted by molar-refractivity contribution is 5.89. The summed E-state index contributed by atoms with van der Waals surface area (Å²) in [5.41, 5.74) is 11.1. The smallest absolute Gasteiger partial charge is 0.0480 e. The van der Waals surface area contributed by atoms with Crippen molar-refractivity contribution < 1.29 is 0 Å². The van der Waals surface area contributed by atoms with Gasteiger partial charge in [-0.3, -0.25) is 4.90 Å². The van der Waals surface area contributed by atoms with E-state index in [0.29, 0.717) is 12.1 Å². The Hall–Kier alpha value is -2.88. The first-order chi connectivity index (χ1) is 15.7. The van der Waals surface area contributed by atoms with Crippen molar-refractivity contribution in [2.75, 3.05) is 7.05 Å². The largest absolute Gasteiger partial charge is 0.357 e. The van der Waals surface area contributed by atoms with E-state index in [1.807, 2.05) is 0 Å². The van der Waals surface area contributed by atoms with Crippen LogP contribution in [0, 0.1) is 0 Å². The van der Waals surface area contributed by atoms with Gasteiger partial charge in [0, 0.05) is 41.8 Å². The van der Waals surface area contributed by atoms with Crippen LogP contribution >= 0.6 is 0 Å². The predicted molar refractivity (Wildman–Crippen MR) is 133 cm³/mol. The lowest BCUT2D eigenvalue weighted by Gasteiger charge is -2.27. The van der Waals surface area contributed by atoms with E-state index in [0.717, 1.165) is 19.5 Å². The standard InChI is InChI=1S/C29H31N3/c1-19(20-7-4-3-5-8-20)30-28-10-6-9-25-26-16-22(13-14-27(26)31-29(25)28)21-11-12-23-17-32(2)18-24(23)15-21/h3-5,7-8,11-16,19,28,30-31H,6,9-10,17-18H2,1-2H3/t19-,28?/m1/s1. The first-order valence-electron chi connectivity index (χ1n) is 11.9. The number of hydrogen-bond acceptors (Lipinski definition) is 2. The molecule has 1 aliphatic carbocycles. The third kappa shape index (κ3) is 3.46. The fraction of sp³-hybridized carbons (Fsp3) is 0.310. The monoisotopic (exact) mass is 421 g/mol. The van der Waals surface area contributed by atoms with Crippen molar-refractivity contribution in [3.05, 3.63) is 94.7 Å². The van der Waals surface area contributed by atoms with E-state index in [1.165, 1.54) is 62.8 Å². The van der Waals surface area contributed by atoms with Crippen LogP contribution in [0.15, 0.2) is 66.7 Å². The van der Waals surface area contributed by atoms with Gasteiger partial charge in [-0.05, 0) is 84.8 Å². The molecular weight excluding hydrogens is 390 g/mol. The van der Waals surface area contributed by atoms with Crippen LogP contribution in [-0.2, 0) is 19.5 Å². The summed E-state index contributed by atoms with van der Waals surface area (Å²) < 4.78 is 0. The minimum atomic E-state index is 0.332. The normalized spacial score (nSPS) is 19.1. The van der Waals surface area contributed by atoms with Crippen LogP contribution in [-0.4, -0.2) is 16.9 Å². The molecular formula is C29H31N3. The van der Waals surface area contributed by atoms with Gasteiger partial charge < -0.3 is 10.3 Å². The molecule has 6 rings (SSSR count). The van der Waals surface area contributed by atoms with Crippen LogP contribution in [0.3, 0.4) is 0 Å². The van der Waals surface area contributed by atoms with Gasteiger partial charge in [0.2, 0.25) is 0 Å². The molecule has 1 aliphatic heterocycles. The Morgan fingerprint density at radius 3 is 2.59 bits per heavy atom. The van der Waals surface area contributed by atoms with Crippen molar-refractivity contribution in [1.82, 2.24) is 15.2 Å². The van der Waals surface area contributed by atoms with Crippen molar-refractivity contribution >= 4 is 10.9 Å². The van der Waals surface area contributed by atoms with Gasteiger partial charge in [0.25, 0.3) is 0 Å². The van der Waals surface area contributed by atoms with E-state index in [2.05, 4.69) is 95.9 Å². The van der Waals surface area contributed by atoms with Crippen molar-refractivity contribution in [2.45, 2.75) is 51.4 Å². The van der Waals surface area contributed by atoms with Gasteiger partial charge in [-0.2, -0.15) is 0 Å². The molecule has 32 heavy (non-hydrogen) atoms. The van der Waals surface area contributed by atoms with Crippen molar-refractivity contribution in [3.8, 4) is 11.1 Å². The molecule has 3 nitrogen and oxygen atoms in total. The molecule has 0 saturated carbocycles.